The van der Waals surface area contributed by atoms with Crippen LogP contribution in [0.3, 0.4) is 0 Å². The molecule has 4 heteroatoms. The first-order valence-corrected chi connectivity index (χ1v) is 9.15. The third kappa shape index (κ3) is 9.06. The molecule has 0 unspecified atom stereocenters. The molecule has 0 saturated heterocycles. The van der Waals surface area contributed by atoms with Crippen molar-refractivity contribution < 1.29 is 14.7 Å². The van der Waals surface area contributed by atoms with Crippen molar-refractivity contribution in [1.82, 2.24) is 0 Å². The van der Waals surface area contributed by atoms with Gasteiger partial charge in [-0.15, -0.1) is 6.42 Å². The van der Waals surface area contributed by atoms with E-state index in [2.05, 4.69) is 25.2 Å². The first-order chi connectivity index (χ1) is 4.63. The van der Waals surface area contributed by atoms with Crippen molar-refractivity contribution in [3.63, 3.8) is 0 Å². The third-order valence-electron chi connectivity index (χ3n) is 0.867. The van der Waals surface area contributed by atoms with Gasteiger partial charge in [-0.1, -0.05) is 6.92 Å². The van der Waals surface area contributed by atoms with Crippen molar-refractivity contribution in [2.75, 3.05) is 0 Å². The molecule has 0 bridgehead atoms. The fourth-order valence-electron chi connectivity index (χ4n) is 0.515. The predicted octanol–water partition coefficient (Wildman–Crippen LogP) is 3.76. The molecule has 0 aromatic heterocycles. The minimum absolute atomic E-state index is 1.02. The van der Waals surface area contributed by atoms with Gasteiger partial charge in [-0.3, -0.25) is 6.08 Å². The van der Waals surface area contributed by atoms with Crippen LogP contribution in [0, 0.1) is 6.08 Å². The van der Waals surface area contributed by atoms with E-state index in [1.807, 2.05) is 0 Å². The van der Waals surface area contributed by atoms with Crippen molar-refractivity contribution in [3.05, 3.63) is 23.8 Å². The summed E-state index contributed by atoms with van der Waals surface area (Å²) in [5.74, 6) is 0. The average molecular weight is 233 g/mol. The summed E-state index contributed by atoms with van der Waals surface area (Å²) in [4.78, 5) is 0. The summed E-state index contributed by atoms with van der Waals surface area (Å²) < 4.78 is 0. The normalized spacial score (nSPS) is 13.8. The zero-order valence-electron chi connectivity index (χ0n) is 5.50. The second-order valence-electron chi connectivity index (χ2n) is 1.68. The Morgan fingerprint density at radius 2 is 2.00 bits per heavy atom. The maximum atomic E-state index is 4.97. The molecule has 1 aliphatic rings. The monoisotopic (exact) mass is 232 g/mol. The first-order valence-electron chi connectivity index (χ1n) is 2.70. The molecule has 0 nitrogen and oxygen atoms in total. The van der Waals surface area contributed by atoms with E-state index in [0.717, 1.165) is 6.42 Å². The summed E-state index contributed by atoms with van der Waals surface area (Å²) in [5.41, 5.74) is 1.27. The predicted molar refractivity (Wildman–Crippen MR) is 43.7 cm³/mol. The van der Waals surface area contributed by atoms with Crippen LogP contribution in [-0.4, -0.2) is 0 Å². The Kier molecular flexibility index (Phi) is 7.47. The SMILES string of the molecule is CC1=[C-]CC=C1.[Cl][Ti+]([Cl])[Cl]. The van der Waals surface area contributed by atoms with Gasteiger partial charge in [-0.05, 0) is 0 Å². The van der Waals surface area contributed by atoms with Crippen molar-refractivity contribution in [2.24, 2.45) is 0 Å². The molecular formula is C6H7Cl3Ti. The van der Waals surface area contributed by atoms with Crippen LogP contribution >= 0.6 is 27.9 Å². The maximum absolute atomic E-state index is 4.97. The van der Waals surface area contributed by atoms with E-state index in [9.17, 15) is 0 Å². The summed E-state index contributed by atoms with van der Waals surface area (Å²) in [7, 11) is 14.9. The number of hydrogen-bond donors (Lipinski definition) is 0. The second-order valence-corrected chi connectivity index (χ2v) is 9.42. The van der Waals surface area contributed by atoms with Gasteiger partial charge in [0.1, 0.15) is 0 Å². The summed E-state index contributed by atoms with van der Waals surface area (Å²) >= 11 is -1.92. The van der Waals surface area contributed by atoms with E-state index in [-0.39, 0.29) is 0 Å². The molecule has 0 N–H and O–H groups in total. The number of rotatable bonds is 0. The van der Waals surface area contributed by atoms with Gasteiger partial charge >= 0.3 is 42.6 Å². The van der Waals surface area contributed by atoms with Crippen LogP contribution in [0.15, 0.2) is 17.7 Å². The Hall–Kier alpha value is 1.06. The molecule has 0 spiro atoms. The van der Waals surface area contributed by atoms with Crippen LogP contribution in [0.4, 0.5) is 0 Å². The van der Waals surface area contributed by atoms with Crippen LogP contribution in [0.5, 0.6) is 0 Å². The van der Waals surface area contributed by atoms with Crippen molar-refractivity contribution >= 4 is 27.9 Å². The van der Waals surface area contributed by atoms with E-state index in [4.69, 9.17) is 27.9 Å². The second kappa shape index (κ2) is 6.75. The number of halogens is 3. The van der Waals surface area contributed by atoms with Crippen LogP contribution in [0.25, 0.3) is 0 Å². The van der Waals surface area contributed by atoms with Gasteiger partial charge in [0.25, 0.3) is 0 Å². The van der Waals surface area contributed by atoms with E-state index in [1.54, 1.807) is 0 Å². The Labute approximate surface area is 79.3 Å². The third-order valence-corrected chi connectivity index (χ3v) is 0.867. The van der Waals surface area contributed by atoms with Gasteiger partial charge < -0.3 is 0 Å². The molecule has 1 rings (SSSR count). The molecule has 0 amide bonds. The van der Waals surface area contributed by atoms with Gasteiger partial charge in [0.15, 0.2) is 0 Å². The Balaban J connectivity index is 0.000000180. The fraction of sp³-hybridized carbons (Fsp3) is 0.333. The van der Waals surface area contributed by atoms with Crippen molar-refractivity contribution in [3.8, 4) is 0 Å². The van der Waals surface area contributed by atoms with Crippen LogP contribution in [-0.2, 0) is 14.7 Å². The molecule has 0 saturated carbocycles. The molecule has 0 fully saturated rings. The average Bonchev–Trinajstić information content (AvgIpc) is 2.15. The van der Waals surface area contributed by atoms with Crippen molar-refractivity contribution in [1.29, 1.82) is 0 Å². The first kappa shape index (κ1) is 11.1. The Morgan fingerprint density at radius 1 is 1.50 bits per heavy atom. The molecule has 10 heavy (non-hydrogen) atoms. The molecule has 0 radical (unpaired) electrons. The van der Waals surface area contributed by atoms with Gasteiger partial charge in [0.2, 0.25) is 0 Å². The van der Waals surface area contributed by atoms with Gasteiger partial charge in [0, 0.05) is 0 Å². The molecule has 0 aromatic rings. The summed E-state index contributed by atoms with van der Waals surface area (Å²) in [6.45, 7) is 2.06. The zero-order valence-corrected chi connectivity index (χ0v) is 9.33. The number of hydrogen-bond acceptors (Lipinski definition) is 0. The number of allylic oxidation sites excluding steroid dienone is 4. The van der Waals surface area contributed by atoms with E-state index < -0.39 is 14.7 Å². The molecule has 0 aliphatic heterocycles. The van der Waals surface area contributed by atoms with Crippen molar-refractivity contribution in [2.45, 2.75) is 13.3 Å². The topological polar surface area (TPSA) is 0 Å². The molecule has 56 valence electrons. The summed E-state index contributed by atoms with van der Waals surface area (Å²) in [6.07, 6.45) is 8.33. The van der Waals surface area contributed by atoms with Crippen LogP contribution in [0.2, 0.25) is 0 Å². The van der Waals surface area contributed by atoms with Gasteiger partial charge in [-0.2, -0.15) is 6.08 Å². The molecule has 0 aromatic carbocycles. The van der Waals surface area contributed by atoms with E-state index in [1.165, 1.54) is 5.57 Å². The summed E-state index contributed by atoms with van der Waals surface area (Å²) in [5, 5.41) is 0. The minimum atomic E-state index is -1.92. The van der Waals surface area contributed by atoms with Gasteiger partial charge in [0.05, 0.1) is 0 Å². The van der Waals surface area contributed by atoms with Gasteiger partial charge in [-0.25, -0.2) is 11.6 Å². The molecular weight excluding hydrogens is 226 g/mol. The molecule has 1 aliphatic carbocycles. The van der Waals surface area contributed by atoms with Crippen LogP contribution < -0.4 is 0 Å². The zero-order chi connectivity index (χ0) is 7.98. The standard InChI is InChI=1S/C6H7.3ClH.Ti/c1-6-4-2-3-5-6;;;;/h2,4H,3H2,1H3;3*1H;/q-1;;;;+4/p-3. The van der Waals surface area contributed by atoms with E-state index >= 15 is 0 Å². The van der Waals surface area contributed by atoms with Crippen LogP contribution in [0.1, 0.15) is 13.3 Å². The molecule has 0 heterocycles. The quantitative estimate of drug-likeness (QED) is 0.441. The fourth-order valence-corrected chi connectivity index (χ4v) is 0.515. The summed E-state index contributed by atoms with van der Waals surface area (Å²) in [6, 6.07) is 0. The molecule has 0 atom stereocenters. The Morgan fingerprint density at radius 3 is 2.10 bits per heavy atom. The Bertz CT molecular complexity index is 134. The van der Waals surface area contributed by atoms with E-state index in [0.29, 0.717) is 0 Å².